The molecular formula is C21H44N2. The Morgan fingerprint density at radius 2 is 1.30 bits per heavy atom. The number of allylic oxidation sites excluding steroid dienone is 1. The standard InChI is InChI=1S/C21H44N2/c1-3-5-7-9-10-11-13-15-17-20(21(23)18-19-22)16-14-12-8-6-4-2/h4,20-21H,2-3,5-19,22-23H2,1H3. The van der Waals surface area contributed by atoms with E-state index in [-0.39, 0.29) is 0 Å². The summed E-state index contributed by atoms with van der Waals surface area (Å²) in [6, 6.07) is 0.309. The fourth-order valence-electron chi connectivity index (χ4n) is 3.41. The van der Waals surface area contributed by atoms with E-state index in [9.17, 15) is 0 Å². The second-order valence-corrected chi connectivity index (χ2v) is 7.19. The Morgan fingerprint density at radius 1 is 0.783 bits per heavy atom. The molecule has 2 heteroatoms. The topological polar surface area (TPSA) is 52.0 Å². The molecule has 138 valence electrons. The van der Waals surface area contributed by atoms with E-state index in [1.54, 1.807) is 0 Å². The molecule has 0 spiro atoms. The number of unbranched alkanes of at least 4 members (excludes halogenated alkanes) is 10. The maximum atomic E-state index is 6.37. The Labute approximate surface area is 146 Å². The molecule has 4 N–H and O–H groups in total. The van der Waals surface area contributed by atoms with Gasteiger partial charge >= 0.3 is 0 Å². The first-order chi connectivity index (χ1) is 11.3. The van der Waals surface area contributed by atoms with Gasteiger partial charge in [-0.15, -0.1) is 6.58 Å². The molecule has 0 aliphatic heterocycles. The third kappa shape index (κ3) is 15.0. The molecule has 0 aliphatic rings. The SMILES string of the molecule is C=CCCCCCC(CCCCCCCCCC)C(N)CCN. The van der Waals surface area contributed by atoms with E-state index in [2.05, 4.69) is 13.5 Å². The molecule has 2 nitrogen and oxygen atoms in total. The van der Waals surface area contributed by atoms with Gasteiger partial charge in [0, 0.05) is 6.04 Å². The third-order valence-corrected chi connectivity index (χ3v) is 5.02. The van der Waals surface area contributed by atoms with E-state index in [0.717, 1.165) is 19.4 Å². The van der Waals surface area contributed by atoms with Crippen molar-refractivity contribution in [2.75, 3.05) is 6.54 Å². The summed E-state index contributed by atoms with van der Waals surface area (Å²) >= 11 is 0. The van der Waals surface area contributed by atoms with Crippen molar-refractivity contribution < 1.29 is 0 Å². The Hall–Kier alpha value is -0.340. The first kappa shape index (κ1) is 22.7. The maximum absolute atomic E-state index is 6.37. The molecule has 0 amide bonds. The largest absolute Gasteiger partial charge is 0.330 e. The zero-order valence-electron chi connectivity index (χ0n) is 15.9. The van der Waals surface area contributed by atoms with E-state index in [1.165, 1.54) is 83.5 Å². The Morgan fingerprint density at radius 3 is 1.83 bits per heavy atom. The van der Waals surface area contributed by atoms with E-state index >= 15 is 0 Å². The molecule has 2 atom stereocenters. The first-order valence-corrected chi connectivity index (χ1v) is 10.3. The lowest BCUT2D eigenvalue weighted by atomic mass is 9.87. The van der Waals surface area contributed by atoms with Gasteiger partial charge in [-0.1, -0.05) is 77.2 Å². The quantitative estimate of drug-likeness (QED) is 0.242. The summed E-state index contributed by atoms with van der Waals surface area (Å²) in [4.78, 5) is 0. The Bertz CT molecular complexity index is 240. The second-order valence-electron chi connectivity index (χ2n) is 7.19. The van der Waals surface area contributed by atoms with Gasteiger partial charge in [-0.3, -0.25) is 0 Å². The molecule has 0 rings (SSSR count). The van der Waals surface area contributed by atoms with Crippen molar-refractivity contribution >= 4 is 0 Å². The summed E-state index contributed by atoms with van der Waals surface area (Å²) in [5.74, 6) is 0.683. The van der Waals surface area contributed by atoms with Crippen LogP contribution < -0.4 is 11.5 Å². The monoisotopic (exact) mass is 324 g/mol. The summed E-state index contributed by atoms with van der Waals surface area (Å²) in [6.45, 7) is 6.80. The summed E-state index contributed by atoms with van der Waals surface area (Å²) < 4.78 is 0. The van der Waals surface area contributed by atoms with Gasteiger partial charge in [0.2, 0.25) is 0 Å². The van der Waals surface area contributed by atoms with Gasteiger partial charge in [0.15, 0.2) is 0 Å². The van der Waals surface area contributed by atoms with Crippen molar-refractivity contribution in [1.82, 2.24) is 0 Å². The average molecular weight is 325 g/mol. The highest BCUT2D eigenvalue weighted by Gasteiger charge is 2.16. The lowest BCUT2D eigenvalue weighted by Gasteiger charge is -2.23. The van der Waals surface area contributed by atoms with Gasteiger partial charge in [0.05, 0.1) is 0 Å². The molecule has 0 heterocycles. The van der Waals surface area contributed by atoms with Gasteiger partial charge < -0.3 is 11.5 Å². The molecule has 0 aromatic carbocycles. The lowest BCUT2D eigenvalue weighted by molar-refractivity contribution is 0.331. The number of rotatable bonds is 18. The molecule has 0 aliphatic carbocycles. The van der Waals surface area contributed by atoms with Crippen molar-refractivity contribution in [2.24, 2.45) is 17.4 Å². The normalized spacial score (nSPS) is 13.9. The Balaban J connectivity index is 3.77. The highest BCUT2D eigenvalue weighted by atomic mass is 14.7. The minimum atomic E-state index is 0.309. The lowest BCUT2D eigenvalue weighted by Crippen LogP contribution is -2.32. The summed E-state index contributed by atoms with van der Waals surface area (Å²) in [7, 11) is 0. The van der Waals surface area contributed by atoms with Crippen LogP contribution in [0.5, 0.6) is 0 Å². The number of hydrogen-bond donors (Lipinski definition) is 2. The fourth-order valence-corrected chi connectivity index (χ4v) is 3.41. The van der Waals surface area contributed by atoms with Crippen molar-refractivity contribution in [1.29, 1.82) is 0 Å². The molecule has 0 saturated heterocycles. The molecule has 0 aromatic rings. The van der Waals surface area contributed by atoms with Gasteiger partial charge in [0.1, 0.15) is 0 Å². The van der Waals surface area contributed by atoms with Crippen LogP contribution in [-0.4, -0.2) is 12.6 Å². The van der Waals surface area contributed by atoms with Crippen molar-refractivity contribution in [3.8, 4) is 0 Å². The van der Waals surface area contributed by atoms with Crippen molar-refractivity contribution in [2.45, 2.75) is 109 Å². The predicted molar refractivity (Wildman–Crippen MR) is 106 cm³/mol. The zero-order valence-corrected chi connectivity index (χ0v) is 15.9. The van der Waals surface area contributed by atoms with Gasteiger partial charge in [-0.05, 0) is 44.6 Å². The van der Waals surface area contributed by atoms with Crippen LogP contribution in [0.25, 0.3) is 0 Å². The summed E-state index contributed by atoms with van der Waals surface area (Å²) in [5.41, 5.74) is 12.1. The van der Waals surface area contributed by atoms with Crippen molar-refractivity contribution in [3.63, 3.8) is 0 Å². The van der Waals surface area contributed by atoms with Gasteiger partial charge in [-0.25, -0.2) is 0 Å². The predicted octanol–water partition coefficient (Wildman–Crippen LogP) is 5.95. The van der Waals surface area contributed by atoms with Gasteiger partial charge in [0.25, 0.3) is 0 Å². The van der Waals surface area contributed by atoms with E-state index in [1.807, 2.05) is 6.08 Å². The molecule has 23 heavy (non-hydrogen) atoms. The van der Waals surface area contributed by atoms with E-state index in [4.69, 9.17) is 11.5 Å². The molecule has 0 radical (unpaired) electrons. The molecule has 2 unspecified atom stereocenters. The summed E-state index contributed by atoms with van der Waals surface area (Å²) in [6.07, 6.45) is 21.8. The van der Waals surface area contributed by atoms with Crippen LogP contribution >= 0.6 is 0 Å². The number of hydrogen-bond acceptors (Lipinski definition) is 2. The van der Waals surface area contributed by atoms with E-state index < -0.39 is 0 Å². The second kappa shape index (κ2) is 18.0. The van der Waals surface area contributed by atoms with Crippen molar-refractivity contribution in [3.05, 3.63) is 12.7 Å². The maximum Gasteiger partial charge on any atom is 0.00791 e. The summed E-state index contributed by atoms with van der Waals surface area (Å²) in [5, 5.41) is 0. The molecule has 0 saturated carbocycles. The molecule has 0 aromatic heterocycles. The molecule has 0 bridgehead atoms. The molecule has 0 fully saturated rings. The van der Waals surface area contributed by atoms with Crippen LogP contribution in [0.1, 0.15) is 103 Å². The van der Waals surface area contributed by atoms with E-state index in [0.29, 0.717) is 12.0 Å². The third-order valence-electron chi connectivity index (χ3n) is 5.02. The molecular weight excluding hydrogens is 280 g/mol. The van der Waals surface area contributed by atoms with Crippen LogP contribution in [0.15, 0.2) is 12.7 Å². The fraction of sp³-hybridized carbons (Fsp3) is 0.905. The van der Waals surface area contributed by atoms with Gasteiger partial charge in [-0.2, -0.15) is 0 Å². The highest BCUT2D eigenvalue weighted by molar-refractivity contribution is 4.74. The zero-order chi connectivity index (χ0) is 17.2. The Kier molecular flexibility index (Phi) is 17.7. The smallest absolute Gasteiger partial charge is 0.00791 e. The van der Waals surface area contributed by atoms with Crippen LogP contribution in [0, 0.1) is 5.92 Å². The average Bonchev–Trinajstić information content (AvgIpc) is 2.55. The minimum Gasteiger partial charge on any atom is -0.330 e. The van der Waals surface area contributed by atoms with Crippen LogP contribution in [0.2, 0.25) is 0 Å². The van der Waals surface area contributed by atoms with Crippen LogP contribution in [0.3, 0.4) is 0 Å². The highest BCUT2D eigenvalue weighted by Crippen LogP contribution is 2.22. The number of nitrogens with two attached hydrogens (primary N) is 2. The minimum absolute atomic E-state index is 0.309. The van der Waals surface area contributed by atoms with Crippen LogP contribution in [0.4, 0.5) is 0 Å². The first-order valence-electron chi connectivity index (χ1n) is 10.3. The van der Waals surface area contributed by atoms with Crippen LogP contribution in [-0.2, 0) is 0 Å².